The Balaban J connectivity index is 2.11. The zero-order valence-electron chi connectivity index (χ0n) is 15.5. The van der Waals surface area contributed by atoms with E-state index in [0.29, 0.717) is 29.9 Å². The standard InChI is InChI=1S/C18H26N2O5/c1-10(2)24-17(22)14-11(3)15(19-12(14)4)18(23)25-13(5)16(21)20-8-6-7-9-20/h10,13,19H,6-9H2,1-5H3/t13-/m0/s1. The number of carbonyl (C=O) groups excluding carboxylic acids is 3. The number of likely N-dealkylation sites (tertiary alicyclic amines) is 1. The van der Waals surface area contributed by atoms with Crippen LogP contribution in [-0.2, 0) is 14.3 Å². The predicted octanol–water partition coefficient (Wildman–Crippen LogP) is 2.36. The molecule has 0 saturated carbocycles. The molecule has 1 aromatic rings. The van der Waals surface area contributed by atoms with Crippen LogP contribution in [0.4, 0.5) is 0 Å². The first-order chi connectivity index (χ1) is 11.7. The fourth-order valence-electron chi connectivity index (χ4n) is 3.00. The average molecular weight is 350 g/mol. The maximum Gasteiger partial charge on any atom is 0.355 e. The van der Waals surface area contributed by atoms with E-state index in [1.165, 1.54) is 0 Å². The van der Waals surface area contributed by atoms with Crippen LogP contribution in [0, 0.1) is 13.8 Å². The third-order valence-electron chi connectivity index (χ3n) is 4.24. The first-order valence-electron chi connectivity index (χ1n) is 8.62. The van der Waals surface area contributed by atoms with E-state index in [2.05, 4.69) is 4.98 Å². The molecule has 0 aliphatic carbocycles. The first kappa shape index (κ1) is 19.0. The number of H-pyrrole nitrogens is 1. The largest absolute Gasteiger partial charge is 0.459 e. The van der Waals surface area contributed by atoms with E-state index in [4.69, 9.17) is 9.47 Å². The van der Waals surface area contributed by atoms with Crippen LogP contribution in [0.2, 0.25) is 0 Å². The zero-order chi connectivity index (χ0) is 18.7. The Kier molecular flexibility index (Phi) is 5.87. The molecular formula is C18H26N2O5. The van der Waals surface area contributed by atoms with E-state index in [1.807, 2.05) is 0 Å². The molecule has 0 aromatic carbocycles. The van der Waals surface area contributed by atoms with Crippen molar-refractivity contribution in [2.45, 2.75) is 59.7 Å². The lowest BCUT2D eigenvalue weighted by Crippen LogP contribution is -2.38. The summed E-state index contributed by atoms with van der Waals surface area (Å²) >= 11 is 0. The van der Waals surface area contributed by atoms with Crippen molar-refractivity contribution in [1.82, 2.24) is 9.88 Å². The van der Waals surface area contributed by atoms with Gasteiger partial charge in [0, 0.05) is 18.8 Å². The highest BCUT2D eigenvalue weighted by Gasteiger charge is 2.29. The minimum absolute atomic E-state index is 0.175. The van der Waals surface area contributed by atoms with Gasteiger partial charge in [-0.3, -0.25) is 4.79 Å². The number of aromatic nitrogens is 1. The highest BCUT2D eigenvalue weighted by Crippen LogP contribution is 2.21. The number of hydrogen-bond donors (Lipinski definition) is 1. The summed E-state index contributed by atoms with van der Waals surface area (Å²) in [4.78, 5) is 41.5. The number of hydrogen-bond acceptors (Lipinski definition) is 5. The Hall–Kier alpha value is -2.31. The van der Waals surface area contributed by atoms with E-state index in [9.17, 15) is 14.4 Å². The number of ether oxygens (including phenoxy) is 2. The van der Waals surface area contributed by atoms with Crippen molar-refractivity contribution in [2.75, 3.05) is 13.1 Å². The molecule has 1 aliphatic heterocycles. The maximum atomic E-state index is 12.4. The van der Waals surface area contributed by atoms with Crippen LogP contribution < -0.4 is 0 Å². The summed E-state index contributed by atoms with van der Waals surface area (Å²) in [5, 5.41) is 0. The van der Waals surface area contributed by atoms with Crippen molar-refractivity contribution in [3.63, 3.8) is 0 Å². The summed E-state index contributed by atoms with van der Waals surface area (Å²) in [5.41, 5.74) is 1.51. The molecule has 2 heterocycles. The number of amides is 1. The Bertz CT molecular complexity index is 671. The molecule has 0 spiro atoms. The highest BCUT2D eigenvalue weighted by molar-refractivity contribution is 5.99. The molecule has 0 bridgehead atoms. The van der Waals surface area contributed by atoms with E-state index >= 15 is 0 Å². The number of aromatic amines is 1. The number of rotatable bonds is 5. The molecule has 7 heteroatoms. The number of carbonyl (C=O) groups is 3. The quantitative estimate of drug-likeness (QED) is 0.824. The van der Waals surface area contributed by atoms with E-state index < -0.39 is 18.0 Å². The topological polar surface area (TPSA) is 88.7 Å². The van der Waals surface area contributed by atoms with Gasteiger partial charge < -0.3 is 19.4 Å². The molecule has 1 atom stereocenters. The van der Waals surface area contributed by atoms with E-state index in [1.54, 1.807) is 39.5 Å². The molecule has 1 aliphatic rings. The lowest BCUT2D eigenvalue weighted by Gasteiger charge is -2.20. The minimum atomic E-state index is -0.861. The van der Waals surface area contributed by atoms with Crippen molar-refractivity contribution in [3.8, 4) is 0 Å². The molecular weight excluding hydrogens is 324 g/mol. The summed E-state index contributed by atoms with van der Waals surface area (Å²) < 4.78 is 10.5. The van der Waals surface area contributed by atoms with Crippen LogP contribution >= 0.6 is 0 Å². The fraction of sp³-hybridized carbons (Fsp3) is 0.611. The predicted molar refractivity (Wildman–Crippen MR) is 91.5 cm³/mol. The molecule has 0 unspecified atom stereocenters. The van der Waals surface area contributed by atoms with Gasteiger partial charge in [0.15, 0.2) is 6.10 Å². The van der Waals surface area contributed by atoms with Gasteiger partial charge in [-0.25, -0.2) is 9.59 Å². The minimum Gasteiger partial charge on any atom is -0.459 e. The molecule has 25 heavy (non-hydrogen) atoms. The number of esters is 2. The van der Waals surface area contributed by atoms with Crippen LogP contribution in [-0.4, -0.2) is 53.0 Å². The molecule has 1 saturated heterocycles. The lowest BCUT2D eigenvalue weighted by atomic mass is 10.1. The van der Waals surface area contributed by atoms with Crippen molar-refractivity contribution in [1.29, 1.82) is 0 Å². The molecule has 1 fully saturated rings. The van der Waals surface area contributed by atoms with Gasteiger partial charge in [-0.05, 0) is 53.0 Å². The van der Waals surface area contributed by atoms with Gasteiger partial charge in [-0.2, -0.15) is 0 Å². The molecule has 1 amide bonds. The van der Waals surface area contributed by atoms with Gasteiger partial charge >= 0.3 is 11.9 Å². The fourth-order valence-corrected chi connectivity index (χ4v) is 3.00. The third-order valence-corrected chi connectivity index (χ3v) is 4.24. The van der Waals surface area contributed by atoms with Gasteiger partial charge in [-0.15, -0.1) is 0 Å². The van der Waals surface area contributed by atoms with Crippen LogP contribution in [0.5, 0.6) is 0 Å². The average Bonchev–Trinajstić information content (AvgIpc) is 3.13. The Labute approximate surface area is 147 Å². The molecule has 7 nitrogen and oxygen atoms in total. The molecule has 1 N–H and O–H groups in total. The zero-order valence-corrected chi connectivity index (χ0v) is 15.5. The maximum absolute atomic E-state index is 12.4. The summed E-state index contributed by atoms with van der Waals surface area (Å²) in [6.07, 6.45) is 0.833. The Morgan fingerprint density at radius 1 is 1.00 bits per heavy atom. The number of nitrogens with one attached hydrogen (secondary N) is 1. The first-order valence-corrected chi connectivity index (χ1v) is 8.62. The second-order valence-electron chi connectivity index (χ2n) is 6.66. The van der Waals surface area contributed by atoms with Gasteiger partial charge in [-0.1, -0.05) is 0 Å². The summed E-state index contributed by atoms with van der Waals surface area (Å²) in [7, 11) is 0. The van der Waals surface area contributed by atoms with Crippen LogP contribution in [0.15, 0.2) is 0 Å². The number of nitrogens with zero attached hydrogens (tertiary/aromatic N) is 1. The normalized spacial score (nSPS) is 15.4. The Morgan fingerprint density at radius 2 is 1.60 bits per heavy atom. The summed E-state index contributed by atoms with van der Waals surface area (Å²) in [6.45, 7) is 9.84. The second-order valence-corrected chi connectivity index (χ2v) is 6.66. The molecule has 0 radical (unpaired) electrons. The third kappa shape index (κ3) is 4.21. The Morgan fingerprint density at radius 3 is 2.16 bits per heavy atom. The SMILES string of the molecule is Cc1[nH]c(C(=O)O[C@@H](C)C(=O)N2CCCC2)c(C)c1C(=O)OC(C)C. The summed E-state index contributed by atoms with van der Waals surface area (Å²) in [6, 6.07) is 0. The molecule has 2 rings (SSSR count). The van der Waals surface area contributed by atoms with Gasteiger partial charge in [0.25, 0.3) is 5.91 Å². The lowest BCUT2D eigenvalue weighted by molar-refractivity contribution is -0.138. The summed E-state index contributed by atoms with van der Waals surface area (Å²) in [5.74, 6) is -1.32. The van der Waals surface area contributed by atoms with Crippen LogP contribution in [0.3, 0.4) is 0 Å². The molecule has 138 valence electrons. The van der Waals surface area contributed by atoms with Crippen molar-refractivity contribution < 1.29 is 23.9 Å². The van der Waals surface area contributed by atoms with Crippen LogP contribution in [0.1, 0.15) is 65.7 Å². The van der Waals surface area contributed by atoms with Gasteiger partial charge in [0.1, 0.15) is 5.69 Å². The van der Waals surface area contributed by atoms with Crippen molar-refractivity contribution in [3.05, 3.63) is 22.5 Å². The monoisotopic (exact) mass is 350 g/mol. The van der Waals surface area contributed by atoms with E-state index in [-0.39, 0.29) is 17.7 Å². The number of aryl methyl sites for hydroxylation is 1. The smallest absolute Gasteiger partial charge is 0.355 e. The van der Waals surface area contributed by atoms with Crippen molar-refractivity contribution >= 4 is 17.8 Å². The van der Waals surface area contributed by atoms with Gasteiger partial charge in [0.05, 0.1) is 11.7 Å². The van der Waals surface area contributed by atoms with Crippen molar-refractivity contribution in [2.24, 2.45) is 0 Å². The highest BCUT2D eigenvalue weighted by atomic mass is 16.6. The molecule has 1 aromatic heterocycles. The van der Waals surface area contributed by atoms with Crippen LogP contribution in [0.25, 0.3) is 0 Å². The van der Waals surface area contributed by atoms with Gasteiger partial charge in [0.2, 0.25) is 0 Å². The second kappa shape index (κ2) is 7.72. The van der Waals surface area contributed by atoms with E-state index in [0.717, 1.165) is 12.8 Å².